The molecule has 0 heterocycles. The molecule has 0 aromatic heterocycles. The zero-order valence-corrected chi connectivity index (χ0v) is 11.3. The number of carboxylic acids is 1. The van der Waals surface area contributed by atoms with Crippen LogP contribution in [0.2, 0.25) is 0 Å². The minimum atomic E-state index is -0.998. The molecule has 0 aliphatic carbocycles. The Balaban J connectivity index is 4.20. The summed E-state index contributed by atoms with van der Waals surface area (Å²) in [6.07, 6.45) is 0.290. The van der Waals surface area contributed by atoms with Crippen molar-refractivity contribution in [2.45, 2.75) is 53.1 Å². The van der Waals surface area contributed by atoms with Gasteiger partial charge in [0.25, 0.3) is 0 Å². The first-order chi connectivity index (χ1) is 7.64. The van der Waals surface area contributed by atoms with E-state index in [9.17, 15) is 9.59 Å². The van der Waals surface area contributed by atoms with Crippen molar-refractivity contribution in [3.63, 3.8) is 0 Å². The number of hydrogen-bond acceptors (Lipinski definition) is 3. The molecule has 5 nitrogen and oxygen atoms in total. The second kappa shape index (κ2) is 6.59. The smallest absolute Gasteiger partial charge is 0.326 e. The Labute approximate surface area is 103 Å². The van der Waals surface area contributed by atoms with Gasteiger partial charge in [-0.25, -0.2) is 4.79 Å². The van der Waals surface area contributed by atoms with E-state index in [0.717, 1.165) is 0 Å². The summed E-state index contributed by atoms with van der Waals surface area (Å²) in [7, 11) is 0. The second-order valence-electron chi connectivity index (χ2n) is 5.56. The van der Waals surface area contributed by atoms with Gasteiger partial charge in [-0.1, -0.05) is 34.6 Å². The largest absolute Gasteiger partial charge is 0.480 e. The highest BCUT2D eigenvalue weighted by Gasteiger charge is 2.32. The van der Waals surface area contributed by atoms with Gasteiger partial charge in [-0.2, -0.15) is 0 Å². The number of carbonyl (C=O) groups is 2. The van der Waals surface area contributed by atoms with Crippen LogP contribution in [0.25, 0.3) is 0 Å². The van der Waals surface area contributed by atoms with E-state index < -0.39 is 17.4 Å². The van der Waals surface area contributed by atoms with Crippen LogP contribution in [0.5, 0.6) is 0 Å². The molecule has 0 aliphatic heterocycles. The van der Waals surface area contributed by atoms with E-state index in [1.807, 2.05) is 13.8 Å². The van der Waals surface area contributed by atoms with Crippen LogP contribution in [-0.2, 0) is 9.59 Å². The zero-order chi connectivity index (χ0) is 13.6. The van der Waals surface area contributed by atoms with Gasteiger partial charge in [-0.15, -0.1) is 0 Å². The van der Waals surface area contributed by atoms with Gasteiger partial charge in [-0.05, 0) is 5.41 Å². The summed E-state index contributed by atoms with van der Waals surface area (Å²) in [6, 6.07) is -0.533. The monoisotopic (exact) mass is 244 g/mol. The second-order valence-corrected chi connectivity index (χ2v) is 5.56. The molecule has 1 amide bonds. The van der Waals surface area contributed by atoms with E-state index in [0.29, 0.717) is 12.6 Å². The topological polar surface area (TPSA) is 78.4 Å². The zero-order valence-electron chi connectivity index (χ0n) is 11.3. The maximum atomic E-state index is 11.6. The molecule has 0 aromatic rings. The minimum Gasteiger partial charge on any atom is -0.480 e. The molecular formula is C12H24N2O3. The van der Waals surface area contributed by atoms with Crippen molar-refractivity contribution >= 4 is 11.9 Å². The Morgan fingerprint density at radius 1 is 1.24 bits per heavy atom. The molecule has 0 saturated heterocycles. The van der Waals surface area contributed by atoms with Crippen LogP contribution in [0.4, 0.5) is 0 Å². The van der Waals surface area contributed by atoms with Gasteiger partial charge in [-0.3, -0.25) is 4.79 Å². The van der Waals surface area contributed by atoms with Crippen molar-refractivity contribution in [3.8, 4) is 0 Å². The minimum absolute atomic E-state index is 0.236. The highest BCUT2D eigenvalue weighted by Crippen LogP contribution is 2.19. The highest BCUT2D eigenvalue weighted by molar-refractivity contribution is 5.84. The van der Waals surface area contributed by atoms with Crippen LogP contribution in [0.1, 0.15) is 41.0 Å². The van der Waals surface area contributed by atoms with Crippen molar-refractivity contribution < 1.29 is 14.7 Å². The van der Waals surface area contributed by atoms with Crippen LogP contribution >= 0.6 is 0 Å². The summed E-state index contributed by atoms with van der Waals surface area (Å²) in [6.45, 7) is 9.91. The van der Waals surface area contributed by atoms with Crippen molar-refractivity contribution in [2.75, 3.05) is 6.54 Å². The molecule has 17 heavy (non-hydrogen) atoms. The fourth-order valence-corrected chi connectivity index (χ4v) is 1.36. The normalized spacial score (nSPS) is 13.5. The van der Waals surface area contributed by atoms with Crippen molar-refractivity contribution in [2.24, 2.45) is 5.41 Å². The van der Waals surface area contributed by atoms with Crippen LogP contribution in [0, 0.1) is 5.41 Å². The molecule has 3 N–H and O–H groups in total. The number of amides is 1. The number of nitrogens with one attached hydrogen (secondary N) is 2. The first kappa shape index (κ1) is 15.9. The third kappa shape index (κ3) is 6.94. The third-order valence-corrected chi connectivity index (χ3v) is 2.32. The van der Waals surface area contributed by atoms with E-state index in [-0.39, 0.29) is 12.3 Å². The Bertz CT molecular complexity index is 269. The van der Waals surface area contributed by atoms with Crippen molar-refractivity contribution in [3.05, 3.63) is 0 Å². The Kier molecular flexibility index (Phi) is 6.16. The summed E-state index contributed by atoms with van der Waals surface area (Å²) in [4.78, 5) is 22.6. The molecule has 0 fully saturated rings. The predicted octanol–water partition coefficient (Wildman–Crippen LogP) is 0.990. The fraction of sp³-hybridized carbons (Fsp3) is 0.833. The molecule has 1 atom stereocenters. The molecule has 0 aromatic carbocycles. The number of carboxylic acid groups (broad SMARTS) is 1. The lowest BCUT2D eigenvalue weighted by Crippen LogP contribution is -2.49. The third-order valence-electron chi connectivity index (χ3n) is 2.32. The molecule has 0 saturated carbocycles. The average molecular weight is 244 g/mol. The predicted molar refractivity (Wildman–Crippen MR) is 66.8 cm³/mol. The van der Waals surface area contributed by atoms with Gasteiger partial charge in [0.2, 0.25) is 5.91 Å². The first-order valence-electron chi connectivity index (χ1n) is 5.90. The van der Waals surface area contributed by atoms with Gasteiger partial charge in [0, 0.05) is 19.0 Å². The Hall–Kier alpha value is -1.10. The molecule has 0 rings (SSSR count). The number of rotatable bonds is 6. The van der Waals surface area contributed by atoms with Gasteiger partial charge < -0.3 is 15.7 Å². The van der Waals surface area contributed by atoms with E-state index in [1.54, 1.807) is 20.8 Å². The Morgan fingerprint density at radius 2 is 1.76 bits per heavy atom. The number of carbonyl (C=O) groups excluding carboxylic acids is 1. The first-order valence-corrected chi connectivity index (χ1v) is 5.90. The molecule has 0 spiro atoms. The van der Waals surface area contributed by atoms with Crippen molar-refractivity contribution in [1.29, 1.82) is 0 Å². The van der Waals surface area contributed by atoms with Crippen molar-refractivity contribution in [1.82, 2.24) is 10.6 Å². The van der Waals surface area contributed by atoms with Gasteiger partial charge in [0.1, 0.15) is 6.04 Å². The highest BCUT2D eigenvalue weighted by atomic mass is 16.4. The summed E-state index contributed by atoms with van der Waals surface area (Å²) in [5.74, 6) is -1.23. The van der Waals surface area contributed by atoms with Crippen LogP contribution in [0.3, 0.4) is 0 Å². The van der Waals surface area contributed by atoms with Crippen LogP contribution < -0.4 is 10.6 Å². The summed E-state index contributed by atoms with van der Waals surface area (Å²) in [5.41, 5.74) is -0.493. The molecule has 0 unspecified atom stereocenters. The van der Waals surface area contributed by atoms with E-state index in [1.165, 1.54) is 0 Å². The Morgan fingerprint density at radius 3 is 2.12 bits per heavy atom. The lowest BCUT2D eigenvalue weighted by atomic mass is 9.86. The van der Waals surface area contributed by atoms with E-state index in [4.69, 9.17) is 5.11 Å². The SMILES string of the molecule is CC(C)NCCC(=O)N[C@H](C(=O)O)C(C)(C)C. The average Bonchev–Trinajstić information content (AvgIpc) is 2.11. The van der Waals surface area contributed by atoms with Gasteiger partial charge >= 0.3 is 5.97 Å². The summed E-state index contributed by atoms with van der Waals surface area (Å²) in [5, 5.41) is 14.7. The molecular weight excluding hydrogens is 220 g/mol. The van der Waals surface area contributed by atoms with Gasteiger partial charge in [0.05, 0.1) is 0 Å². The van der Waals surface area contributed by atoms with Crippen LogP contribution in [0.15, 0.2) is 0 Å². The molecule has 0 radical (unpaired) electrons. The summed E-state index contributed by atoms with van der Waals surface area (Å²) >= 11 is 0. The van der Waals surface area contributed by atoms with E-state index >= 15 is 0 Å². The maximum Gasteiger partial charge on any atom is 0.326 e. The van der Waals surface area contributed by atoms with E-state index in [2.05, 4.69) is 10.6 Å². The fourth-order valence-electron chi connectivity index (χ4n) is 1.36. The number of aliphatic carboxylic acids is 1. The molecule has 100 valence electrons. The van der Waals surface area contributed by atoms with Gasteiger partial charge in [0.15, 0.2) is 0 Å². The maximum absolute atomic E-state index is 11.6. The molecule has 5 heteroatoms. The molecule has 0 bridgehead atoms. The quantitative estimate of drug-likeness (QED) is 0.651. The summed E-state index contributed by atoms with van der Waals surface area (Å²) < 4.78 is 0. The van der Waals surface area contributed by atoms with Crippen LogP contribution in [-0.4, -0.2) is 35.6 Å². The lowest BCUT2D eigenvalue weighted by molar-refractivity contribution is -0.144. The standard InChI is InChI=1S/C12H24N2O3/c1-8(2)13-7-6-9(15)14-10(11(16)17)12(3,4)5/h8,10,13H,6-7H2,1-5H3,(H,14,15)(H,16,17)/t10-/m1/s1. The number of hydrogen-bond donors (Lipinski definition) is 3. The lowest BCUT2D eigenvalue weighted by Gasteiger charge is -2.27. The molecule has 0 aliphatic rings.